The minimum absolute atomic E-state index is 0.122. The van der Waals surface area contributed by atoms with Crippen LogP contribution in [0.5, 0.6) is 0 Å². The Labute approximate surface area is 96.2 Å². The van der Waals surface area contributed by atoms with Crippen LogP contribution in [0.3, 0.4) is 0 Å². The molecule has 2 rings (SSSR count). The van der Waals surface area contributed by atoms with Crippen LogP contribution in [-0.2, 0) is 0 Å². The van der Waals surface area contributed by atoms with Gasteiger partial charge in [0.2, 0.25) is 0 Å². The van der Waals surface area contributed by atoms with E-state index in [1.165, 1.54) is 12.0 Å². The fourth-order valence-electron chi connectivity index (χ4n) is 2.50. The van der Waals surface area contributed by atoms with Gasteiger partial charge in [-0.15, -0.1) is 0 Å². The summed E-state index contributed by atoms with van der Waals surface area (Å²) in [4.78, 5) is 0. The minimum atomic E-state index is -0.122. The first-order chi connectivity index (χ1) is 7.72. The summed E-state index contributed by atoms with van der Waals surface area (Å²) in [5.41, 5.74) is 1.92. The summed E-state index contributed by atoms with van der Waals surface area (Å²) >= 11 is 0. The molecular formula is C13H19FN2. The number of nitrogens with one attached hydrogen (secondary N) is 2. The van der Waals surface area contributed by atoms with Crippen LogP contribution in [0.4, 0.5) is 4.39 Å². The Kier molecular flexibility index (Phi) is 3.56. The van der Waals surface area contributed by atoms with Gasteiger partial charge in [0.15, 0.2) is 0 Å². The number of hydrogen-bond acceptors (Lipinski definition) is 2. The van der Waals surface area contributed by atoms with Crippen molar-refractivity contribution in [1.29, 1.82) is 0 Å². The third kappa shape index (κ3) is 2.25. The second-order valence-corrected chi connectivity index (χ2v) is 4.53. The quantitative estimate of drug-likeness (QED) is 0.817. The molecule has 88 valence electrons. The third-order valence-electron chi connectivity index (χ3n) is 3.42. The molecule has 0 radical (unpaired) electrons. The Morgan fingerprint density at radius 3 is 2.88 bits per heavy atom. The van der Waals surface area contributed by atoms with E-state index in [4.69, 9.17) is 0 Å². The normalized spacial score (nSPS) is 22.3. The van der Waals surface area contributed by atoms with Crippen molar-refractivity contribution in [3.8, 4) is 0 Å². The maximum atomic E-state index is 13.2. The molecule has 2 atom stereocenters. The number of aryl methyl sites for hydroxylation is 1. The van der Waals surface area contributed by atoms with Crippen LogP contribution in [0.15, 0.2) is 18.2 Å². The molecule has 2 unspecified atom stereocenters. The van der Waals surface area contributed by atoms with Crippen molar-refractivity contribution < 1.29 is 4.39 Å². The van der Waals surface area contributed by atoms with E-state index in [0.717, 1.165) is 18.7 Å². The van der Waals surface area contributed by atoms with Gasteiger partial charge in [-0.25, -0.2) is 4.39 Å². The molecule has 0 saturated carbocycles. The SMILES string of the molecule is CNC(c1ccc(F)c(C)c1)C1CCNC1. The van der Waals surface area contributed by atoms with Gasteiger partial charge in [0, 0.05) is 6.04 Å². The summed E-state index contributed by atoms with van der Waals surface area (Å²) in [7, 11) is 1.97. The zero-order valence-electron chi connectivity index (χ0n) is 9.89. The fourth-order valence-corrected chi connectivity index (χ4v) is 2.50. The molecule has 0 aliphatic carbocycles. The Bertz CT molecular complexity index is 359. The van der Waals surface area contributed by atoms with Gasteiger partial charge in [-0.1, -0.05) is 12.1 Å². The van der Waals surface area contributed by atoms with Crippen molar-refractivity contribution in [1.82, 2.24) is 10.6 Å². The lowest BCUT2D eigenvalue weighted by Gasteiger charge is -2.23. The summed E-state index contributed by atoms with van der Waals surface area (Å²) in [5, 5.41) is 6.71. The molecule has 1 aliphatic heterocycles. The van der Waals surface area contributed by atoms with Gasteiger partial charge in [-0.05, 0) is 56.6 Å². The monoisotopic (exact) mass is 222 g/mol. The predicted molar refractivity (Wildman–Crippen MR) is 63.9 cm³/mol. The highest BCUT2D eigenvalue weighted by Gasteiger charge is 2.25. The average molecular weight is 222 g/mol. The van der Waals surface area contributed by atoms with Gasteiger partial charge < -0.3 is 10.6 Å². The van der Waals surface area contributed by atoms with E-state index < -0.39 is 0 Å². The van der Waals surface area contributed by atoms with Gasteiger partial charge in [0.1, 0.15) is 5.82 Å². The number of hydrogen-bond donors (Lipinski definition) is 2. The molecule has 1 saturated heterocycles. The van der Waals surface area contributed by atoms with Gasteiger partial charge in [-0.3, -0.25) is 0 Å². The Morgan fingerprint density at radius 2 is 2.31 bits per heavy atom. The molecule has 2 N–H and O–H groups in total. The zero-order valence-corrected chi connectivity index (χ0v) is 9.89. The van der Waals surface area contributed by atoms with E-state index in [0.29, 0.717) is 12.0 Å². The summed E-state index contributed by atoms with van der Waals surface area (Å²) in [6.07, 6.45) is 1.18. The molecule has 0 amide bonds. The minimum Gasteiger partial charge on any atom is -0.316 e. The molecule has 0 aromatic heterocycles. The van der Waals surface area contributed by atoms with Crippen LogP contribution in [0.1, 0.15) is 23.6 Å². The number of benzene rings is 1. The van der Waals surface area contributed by atoms with Gasteiger partial charge >= 0.3 is 0 Å². The lowest BCUT2D eigenvalue weighted by molar-refractivity contribution is 0.410. The first kappa shape index (κ1) is 11.6. The Balaban J connectivity index is 2.22. The van der Waals surface area contributed by atoms with E-state index in [1.807, 2.05) is 26.1 Å². The van der Waals surface area contributed by atoms with Crippen LogP contribution in [0, 0.1) is 18.7 Å². The van der Waals surface area contributed by atoms with Crippen LogP contribution >= 0.6 is 0 Å². The number of rotatable bonds is 3. The van der Waals surface area contributed by atoms with Crippen molar-refractivity contribution in [2.75, 3.05) is 20.1 Å². The highest BCUT2D eigenvalue weighted by molar-refractivity contribution is 5.27. The van der Waals surface area contributed by atoms with E-state index in [1.54, 1.807) is 6.07 Å². The second kappa shape index (κ2) is 4.93. The van der Waals surface area contributed by atoms with Gasteiger partial charge in [0.25, 0.3) is 0 Å². The Hall–Kier alpha value is -0.930. The molecule has 0 bridgehead atoms. The first-order valence-corrected chi connectivity index (χ1v) is 5.86. The average Bonchev–Trinajstić information content (AvgIpc) is 2.78. The molecule has 16 heavy (non-hydrogen) atoms. The molecule has 0 spiro atoms. The molecule has 1 heterocycles. The molecular weight excluding hydrogens is 203 g/mol. The molecule has 1 aromatic rings. The first-order valence-electron chi connectivity index (χ1n) is 5.86. The van der Waals surface area contributed by atoms with Crippen LogP contribution in [0.2, 0.25) is 0 Å². The Morgan fingerprint density at radius 1 is 1.50 bits per heavy atom. The predicted octanol–water partition coefficient (Wildman–Crippen LogP) is 2.00. The van der Waals surface area contributed by atoms with Crippen molar-refractivity contribution in [2.24, 2.45) is 5.92 Å². The van der Waals surface area contributed by atoms with Gasteiger partial charge in [0.05, 0.1) is 0 Å². The van der Waals surface area contributed by atoms with Crippen molar-refractivity contribution in [3.63, 3.8) is 0 Å². The van der Waals surface area contributed by atoms with Crippen molar-refractivity contribution in [2.45, 2.75) is 19.4 Å². The van der Waals surface area contributed by atoms with Crippen molar-refractivity contribution >= 4 is 0 Å². The summed E-state index contributed by atoms with van der Waals surface area (Å²) in [6, 6.07) is 5.74. The lowest BCUT2D eigenvalue weighted by Crippen LogP contribution is -2.27. The van der Waals surface area contributed by atoms with Crippen LogP contribution in [0.25, 0.3) is 0 Å². The van der Waals surface area contributed by atoms with E-state index in [9.17, 15) is 4.39 Å². The highest BCUT2D eigenvalue weighted by atomic mass is 19.1. The summed E-state index contributed by atoms with van der Waals surface area (Å²) in [5.74, 6) is 0.484. The summed E-state index contributed by atoms with van der Waals surface area (Å²) in [6.45, 7) is 3.95. The molecule has 1 aromatic carbocycles. The topological polar surface area (TPSA) is 24.1 Å². The highest BCUT2D eigenvalue weighted by Crippen LogP contribution is 2.27. The molecule has 2 nitrogen and oxygen atoms in total. The largest absolute Gasteiger partial charge is 0.316 e. The number of halogens is 1. The maximum absolute atomic E-state index is 13.2. The van der Waals surface area contributed by atoms with Gasteiger partial charge in [-0.2, -0.15) is 0 Å². The maximum Gasteiger partial charge on any atom is 0.126 e. The molecule has 1 fully saturated rings. The lowest BCUT2D eigenvalue weighted by atomic mass is 9.91. The van der Waals surface area contributed by atoms with E-state index >= 15 is 0 Å². The fraction of sp³-hybridized carbons (Fsp3) is 0.538. The zero-order chi connectivity index (χ0) is 11.5. The standard InChI is InChI=1S/C13H19FN2/c1-9-7-10(3-4-12(9)14)13(15-2)11-5-6-16-8-11/h3-4,7,11,13,15-16H,5-6,8H2,1-2H3. The second-order valence-electron chi connectivity index (χ2n) is 4.53. The van der Waals surface area contributed by atoms with E-state index in [2.05, 4.69) is 10.6 Å². The third-order valence-corrected chi connectivity index (χ3v) is 3.42. The summed E-state index contributed by atoms with van der Waals surface area (Å²) < 4.78 is 13.2. The van der Waals surface area contributed by atoms with Crippen LogP contribution < -0.4 is 10.6 Å². The van der Waals surface area contributed by atoms with Crippen LogP contribution in [-0.4, -0.2) is 20.1 Å². The van der Waals surface area contributed by atoms with E-state index in [-0.39, 0.29) is 5.82 Å². The molecule has 3 heteroatoms. The smallest absolute Gasteiger partial charge is 0.126 e. The van der Waals surface area contributed by atoms with Crippen molar-refractivity contribution in [3.05, 3.63) is 35.1 Å². The molecule has 1 aliphatic rings.